The second-order valence-corrected chi connectivity index (χ2v) is 12.2. The van der Waals surface area contributed by atoms with Crippen LogP contribution in [0.5, 0.6) is 17.4 Å². The van der Waals surface area contributed by atoms with Crippen molar-refractivity contribution in [1.82, 2.24) is 19.0 Å². The summed E-state index contributed by atoms with van der Waals surface area (Å²) >= 11 is 0. The van der Waals surface area contributed by atoms with Crippen LogP contribution < -0.4 is 14.8 Å². The fourth-order valence-electron chi connectivity index (χ4n) is 4.91. The molecule has 2 heterocycles. The van der Waals surface area contributed by atoms with Crippen molar-refractivity contribution in [3.63, 3.8) is 0 Å². The number of carboxylic acids is 1. The maximum atomic E-state index is 14.1. The van der Waals surface area contributed by atoms with Crippen LogP contribution in [0.3, 0.4) is 0 Å². The molecule has 5 rings (SSSR count). The molecule has 1 amide bonds. The maximum absolute atomic E-state index is 14.1. The average molecular weight is 638 g/mol. The Balaban J connectivity index is 1.58. The summed E-state index contributed by atoms with van der Waals surface area (Å²) in [5.74, 6) is -1.89. The van der Waals surface area contributed by atoms with Crippen LogP contribution in [0.15, 0.2) is 71.6 Å². The molecule has 0 aliphatic carbocycles. The highest BCUT2D eigenvalue weighted by Crippen LogP contribution is 2.37. The first-order valence-electron chi connectivity index (χ1n) is 14.1. The number of amides is 1. The molecule has 0 spiro atoms. The van der Waals surface area contributed by atoms with Gasteiger partial charge in [0.15, 0.2) is 5.69 Å². The van der Waals surface area contributed by atoms with E-state index in [0.717, 1.165) is 18.7 Å². The van der Waals surface area contributed by atoms with Crippen LogP contribution in [0.1, 0.15) is 33.3 Å². The van der Waals surface area contributed by atoms with Gasteiger partial charge < -0.3 is 24.8 Å². The van der Waals surface area contributed by atoms with Crippen LogP contribution in [0, 0.1) is 12.7 Å². The molecule has 3 aromatic carbocycles. The van der Waals surface area contributed by atoms with Crippen LogP contribution >= 0.6 is 0 Å². The zero-order valence-corrected chi connectivity index (χ0v) is 25.7. The van der Waals surface area contributed by atoms with Crippen molar-refractivity contribution in [3.8, 4) is 23.1 Å². The van der Waals surface area contributed by atoms with Gasteiger partial charge in [-0.25, -0.2) is 17.6 Å². The molecule has 1 aliphatic heterocycles. The smallest absolute Gasteiger partial charge is 0.356 e. The summed E-state index contributed by atoms with van der Waals surface area (Å²) in [7, 11) is -2.65. The Bertz CT molecular complexity index is 1820. The quantitative estimate of drug-likeness (QED) is 0.259. The lowest BCUT2D eigenvalue weighted by atomic mass is 10.2. The number of rotatable bonds is 10. The Morgan fingerprint density at radius 3 is 2.27 bits per heavy atom. The molecule has 4 aromatic rings. The van der Waals surface area contributed by atoms with Gasteiger partial charge in [0, 0.05) is 43.0 Å². The maximum Gasteiger partial charge on any atom is 0.356 e. The van der Waals surface area contributed by atoms with Crippen LogP contribution in [-0.4, -0.2) is 84.2 Å². The number of halogens is 1. The minimum Gasteiger partial charge on any atom is -0.497 e. The molecule has 1 fully saturated rings. The summed E-state index contributed by atoms with van der Waals surface area (Å²) in [4.78, 5) is 26.8. The van der Waals surface area contributed by atoms with Gasteiger partial charge in [-0.1, -0.05) is 6.92 Å². The van der Waals surface area contributed by atoms with Crippen molar-refractivity contribution in [3.05, 3.63) is 89.4 Å². The topological polar surface area (TPSA) is 143 Å². The lowest BCUT2D eigenvalue weighted by Gasteiger charge is -2.33. The number of hydrogen-bond acceptors (Lipinski definition) is 8. The first-order chi connectivity index (χ1) is 21.5. The van der Waals surface area contributed by atoms with E-state index in [1.54, 1.807) is 24.3 Å². The Labute approximate surface area is 259 Å². The lowest BCUT2D eigenvalue weighted by Crippen LogP contribution is -2.48. The van der Waals surface area contributed by atoms with E-state index in [1.165, 1.54) is 53.4 Å². The van der Waals surface area contributed by atoms with Crippen molar-refractivity contribution >= 4 is 27.6 Å². The van der Waals surface area contributed by atoms with Crippen LogP contribution in [0.25, 0.3) is 5.69 Å². The number of nitrogens with one attached hydrogen (secondary N) is 1. The SMILES string of the molecule is CCN1CCN(S(=O)(=O)c2cc(NC(=O)c3ccc(F)cc3)ccc2Oc2c(C)c(C(=O)O)nn2-c2ccc(OC)cc2)CC1. The van der Waals surface area contributed by atoms with Gasteiger partial charge in [0.25, 0.3) is 5.91 Å². The summed E-state index contributed by atoms with van der Waals surface area (Å²) in [6, 6.07) is 15.7. The molecular formula is C31H32FN5O7S. The molecule has 0 unspecified atom stereocenters. The normalized spacial score (nSPS) is 14.2. The van der Waals surface area contributed by atoms with Gasteiger partial charge >= 0.3 is 5.97 Å². The van der Waals surface area contributed by atoms with Crippen molar-refractivity contribution in [2.75, 3.05) is 45.2 Å². The number of benzene rings is 3. The number of hydrogen-bond donors (Lipinski definition) is 2. The Kier molecular flexibility index (Phi) is 9.18. The predicted octanol–water partition coefficient (Wildman–Crippen LogP) is 4.40. The van der Waals surface area contributed by atoms with E-state index < -0.39 is 27.7 Å². The molecular weight excluding hydrogens is 605 g/mol. The highest BCUT2D eigenvalue weighted by molar-refractivity contribution is 7.89. The highest BCUT2D eigenvalue weighted by atomic mass is 32.2. The number of likely N-dealkylation sites (N-methyl/N-ethyl adjacent to an activating group) is 1. The second-order valence-electron chi connectivity index (χ2n) is 10.3. The Hall–Kier alpha value is -4.79. The highest BCUT2D eigenvalue weighted by Gasteiger charge is 2.32. The van der Waals surface area contributed by atoms with E-state index in [2.05, 4.69) is 15.3 Å². The summed E-state index contributed by atoms with van der Waals surface area (Å²) in [6.07, 6.45) is 0. The van der Waals surface area contributed by atoms with Gasteiger partial charge in [-0.15, -0.1) is 0 Å². The van der Waals surface area contributed by atoms with Crippen molar-refractivity contribution in [2.24, 2.45) is 0 Å². The molecule has 1 aromatic heterocycles. The third kappa shape index (κ3) is 6.67. The molecule has 0 bridgehead atoms. The van der Waals surface area contributed by atoms with Crippen molar-refractivity contribution < 1.29 is 37.0 Å². The van der Waals surface area contributed by atoms with Gasteiger partial charge in [-0.3, -0.25) is 4.79 Å². The zero-order chi connectivity index (χ0) is 32.3. The van der Waals surface area contributed by atoms with Gasteiger partial charge in [-0.2, -0.15) is 14.1 Å². The third-order valence-corrected chi connectivity index (χ3v) is 9.42. The van der Waals surface area contributed by atoms with E-state index >= 15 is 0 Å². The number of aromatic nitrogens is 2. The standard InChI is InChI=1S/C31H32FN5O7S/c1-4-35-15-17-36(18-16-35)45(41,42)27-19-23(33-29(38)21-5-7-22(32)8-6-21)9-14-26(27)44-30-20(2)28(31(39)40)34-37(30)24-10-12-25(43-3)13-11-24/h5-14,19H,4,15-18H2,1-3H3,(H,33,38)(H,39,40). The molecule has 0 saturated carbocycles. The number of piperazine rings is 1. The molecule has 14 heteroatoms. The molecule has 0 atom stereocenters. The number of sulfonamides is 1. The number of aromatic carboxylic acids is 1. The summed E-state index contributed by atoms with van der Waals surface area (Å²) in [5, 5.41) is 16.7. The van der Waals surface area contributed by atoms with E-state index in [1.807, 2.05) is 6.92 Å². The zero-order valence-electron chi connectivity index (χ0n) is 24.9. The molecule has 236 valence electrons. The summed E-state index contributed by atoms with van der Waals surface area (Å²) in [5.41, 5.74) is 0.687. The Morgan fingerprint density at radius 2 is 1.67 bits per heavy atom. The predicted molar refractivity (Wildman–Crippen MR) is 164 cm³/mol. The molecule has 0 radical (unpaired) electrons. The number of carbonyl (C=O) groups is 2. The number of carboxylic acid groups (broad SMARTS) is 1. The molecule has 12 nitrogen and oxygen atoms in total. The van der Waals surface area contributed by atoms with E-state index in [-0.39, 0.29) is 52.1 Å². The lowest BCUT2D eigenvalue weighted by molar-refractivity contribution is 0.0689. The molecule has 1 saturated heterocycles. The first kappa shape index (κ1) is 31.6. The minimum atomic E-state index is -4.16. The fraction of sp³-hybridized carbons (Fsp3) is 0.258. The number of anilines is 1. The Morgan fingerprint density at radius 1 is 1.00 bits per heavy atom. The van der Waals surface area contributed by atoms with Crippen LogP contribution in [0.4, 0.5) is 10.1 Å². The number of ether oxygens (including phenoxy) is 2. The van der Waals surface area contributed by atoms with Gasteiger partial charge in [-0.05, 0) is 80.2 Å². The van der Waals surface area contributed by atoms with Crippen LogP contribution in [-0.2, 0) is 10.0 Å². The largest absolute Gasteiger partial charge is 0.497 e. The third-order valence-electron chi connectivity index (χ3n) is 7.50. The molecule has 1 aliphatic rings. The molecule has 2 N–H and O–H groups in total. The second kappa shape index (κ2) is 13.1. The monoisotopic (exact) mass is 637 g/mol. The van der Waals surface area contributed by atoms with Crippen LogP contribution in [0.2, 0.25) is 0 Å². The number of nitrogens with zero attached hydrogens (tertiary/aromatic N) is 4. The van der Waals surface area contributed by atoms with E-state index in [4.69, 9.17) is 9.47 Å². The van der Waals surface area contributed by atoms with Gasteiger partial charge in [0.2, 0.25) is 15.9 Å². The van der Waals surface area contributed by atoms with Gasteiger partial charge in [0.1, 0.15) is 22.2 Å². The van der Waals surface area contributed by atoms with E-state index in [9.17, 15) is 27.5 Å². The number of methoxy groups -OCH3 is 1. The van der Waals surface area contributed by atoms with E-state index in [0.29, 0.717) is 24.5 Å². The summed E-state index contributed by atoms with van der Waals surface area (Å²) in [6.45, 7) is 5.87. The minimum absolute atomic E-state index is 0.00656. The first-order valence-corrected chi connectivity index (χ1v) is 15.5. The molecule has 45 heavy (non-hydrogen) atoms. The van der Waals surface area contributed by atoms with Gasteiger partial charge in [0.05, 0.1) is 12.8 Å². The summed E-state index contributed by atoms with van der Waals surface area (Å²) < 4.78 is 55.7. The van der Waals surface area contributed by atoms with Crippen molar-refractivity contribution in [2.45, 2.75) is 18.7 Å². The fourth-order valence-corrected chi connectivity index (χ4v) is 6.47. The van der Waals surface area contributed by atoms with Crippen molar-refractivity contribution in [1.29, 1.82) is 0 Å². The number of carbonyl (C=O) groups excluding carboxylic acids is 1. The average Bonchev–Trinajstić information content (AvgIpc) is 3.37.